The molecule has 0 saturated carbocycles. The fraction of sp³-hybridized carbons (Fsp3) is 0.524. The zero-order chi connectivity index (χ0) is 20.5. The van der Waals surface area contributed by atoms with Crippen molar-refractivity contribution < 1.29 is 14.6 Å². The second-order valence-corrected chi connectivity index (χ2v) is 7.27. The number of hydrogen-bond donors (Lipinski definition) is 2. The third-order valence-electron chi connectivity index (χ3n) is 5.35. The number of esters is 1. The van der Waals surface area contributed by atoms with E-state index >= 15 is 0 Å². The highest BCUT2D eigenvalue weighted by Crippen LogP contribution is 2.25. The Morgan fingerprint density at radius 3 is 2.64 bits per heavy atom. The van der Waals surface area contributed by atoms with Gasteiger partial charge in [-0.2, -0.15) is 0 Å². The van der Waals surface area contributed by atoms with Crippen LogP contribution in [0.1, 0.15) is 48.3 Å². The van der Waals surface area contributed by atoms with E-state index < -0.39 is 11.6 Å². The van der Waals surface area contributed by atoms with E-state index in [1.165, 1.54) is 4.57 Å². The normalized spacial score (nSPS) is 16.6. The minimum Gasteiger partial charge on any atom is -0.462 e. The zero-order valence-corrected chi connectivity index (χ0v) is 16.9. The van der Waals surface area contributed by atoms with Crippen LogP contribution in [-0.2, 0) is 11.8 Å². The molecule has 7 nitrogen and oxygen atoms in total. The highest BCUT2D eigenvalue weighted by molar-refractivity contribution is 6.07. The number of H-pyrrole nitrogens is 1. The summed E-state index contributed by atoms with van der Waals surface area (Å²) in [6.07, 6.45) is 2.75. The lowest BCUT2D eigenvalue weighted by Gasteiger charge is -2.34. The van der Waals surface area contributed by atoms with Gasteiger partial charge in [0.05, 0.1) is 17.7 Å². The summed E-state index contributed by atoms with van der Waals surface area (Å²) < 4.78 is 6.60. The predicted molar refractivity (Wildman–Crippen MR) is 107 cm³/mol. The zero-order valence-electron chi connectivity index (χ0n) is 16.9. The van der Waals surface area contributed by atoms with Crippen LogP contribution in [0, 0.1) is 18.8 Å². The van der Waals surface area contributed by atoms with Crippen molar-refractivity contribution >= 4 is 16.9 Å². The number of nitrogens with one attached hydrogen (secondary N) is 1. The van der Waals surface area contributed by atoms with E-state index in [1.54, 1.807) is 27.1 Å². The number of carbonyl (C=O) groups is 1. The maximum Gasteiger partial charge on any atom is 0.340 e. The highest BCUT2D eigenvalue weighted by atomic mass is 16.5. The topological polar surface area (TPSA) is 87.6 Å². The van der Waals surface area contributed by atoms with Gasteiger partial charge in [0.15, 0.2) is 0 Å². The number of carbonyl (C=O) groups excluding carboxylic acids is 1. The molecule has 0 aliphatic carbocycles. The average Bonchev–Trinajstić information content (AvgIpc) is 3.02. The molecule has 1 aliphatic rings. The molecule has 0 atom stereocenters. The van der Waals surface area contributed by atoms with Crippen LogP contribution < -0.4 is 5.56 Å². The summed E-state index contributed by atoms with van der Waals surface area (Å²) in [5, 5.41) is 11.3. The van der Waals surface area contributed by atoms with Crippen molar-refractivity contribution in [3.05, 3.63) is 33.4 Å². The van der Waals surface area contributed by atoms with Crippen molar-refractivity contribution in [1.82, 2.24) is 14.5 Å². The number of aliphatic hydroxyl groups is 1. The Bertz CT molecular complexity index is 1010. The van der Waals surface area contributed by atoms with Crippen molar-refractivity contribution in [2.75, 3.05) is 26.2 Å². The van der Waals surface area contributed by atoms with Crippen LogP contribution >= 0.6 is 0 Å². The van der Waals surface area contributed by atoms with Crippen LogP contribution in [0.5, 0.6) is 0 Å². The molecule has 2 N–H and O–H groups in total. The number of nitrogens with zero attached hydrogens (tertiary/aromatic N) is 2. The van der Waals surface area contributed by atoms with E-state index in [4.69, 9.17) is 4.74 Å². The molecule has 3 heterocycles. The standard InChI is InChI=1S/C21H27N3O4/c1-5-24-11-9-21(27,10-12-24)8-7-15-13-23(4)19(25)18-17(15)16(14(3)22-18)20(26)28-6-2/h13,22,27H,5-6,9-12H2,1-4H3. The molecule has 0 unspecified atom stereocenters. The van der Waals surface area contributed by atoms with Gasteiger partial charge in [0.2, 0.25) is 0 Å². The molecule has 28 heavy (non-hydrogen) atoms. The van der Waals surface area contributed by atoms with Crippen molar-refractivity contribution in [2.45, 2.75) is 39.2 Å². The Kier molecular flexibility index (Phi) is 5.64. The van der Waals surface area contributed by atoms with E-state index in [1.807, 2.05) is 0 Å². The Hall–Kier alpha value is -2.56. The molecule has 0 radical (unpaired) electrons. The lowest BCUT2D eigenvalue weighted by molar-refractivity contribution is 0.0288. The number of ether oxygens (including phenoxy) is 1. The molecule has 0 spiro atoms. The van der Waals surface area contributed by atoms with Crippen molar-refractivity contribution in [1.29, 1.82) is 0 Å². The van der Waals surface area contributed by atoms with Crippen LogP contribution in [-0.4, -0.2) is 57.4 Å². The van der Waals surface area contributed by atoms with Crippen LogP contribution in [0.4, 0.5) is 0 Å². The second-order valence-electron chi connectivity index (χ2n) is 7.27. The average molecular weight is 385 g/mol. The molecule has 1 aliphatic heterocycles. The summed E-state index contributed by atoms with van der Waals surface area (Å²) in [5.41, 5.74) is 0.427. The monoisotopic (exact) mass is 385 g/mol. The number of aryl methyl sites for hydroxylation is 2. The summed E-state index contributed by atoms with van der Waals surface area (Å²) in [5.74, 6) is 5.56. The summed E-state index contributed by atoms with van der Waals surface area (Å²) in [4.78, 5) is 30.3. The number of aromatic nitrogens is 2. The van der Waals surface area contributed by atoms with Gasteiger partial charge in [0.1, 0.15) is 11.1 Å². The molecular weight excluding hydrogens is 358 g/mol. The lowest BCUT2D eigenvalue weighted by atomic mass is 9.91. The van der Waals surface area contributed by atoms with Gasteiger partial charge >= 0.3 is 5.97 Å². The van der Waals surface area contributed by atoms with E-state index in [9.17, 15) is 14.7 Å². The maximum absolute atomic E-state index is 12.5. The molecule has 150 valence electrons. The van der Waals surface area contributed by atoms with Gasteiger partial charge < -0.3 is 24.3 Å². The first kappa shape index (κ1) is 20.2. The molecule has 1 saturated heterocycles. The van der Waals surface area contributed by atoms with Gasteiger partial charge in [-0.25, -0.2) is 4.79 Å². The largest absolute Gasteiger partial charge is 0.462 e. The summed E-state index contributed by atoms with van der Waals surface area (Å²) in [7, 11) is 1.64. The number of fused-ring (bicyclic) bond motifs is 1. The first-order valence-corrected chi connectivity index (χ1v) is 9.66. The van der Waals surface area contributed by atoms with E-state index in [2.05, 4.69) is 28.6 Å². The number of hydrogen-bond acceptors (Lipinski definition) is 5. The molecule has 1 fully saturated rings. The fourth-order valence-electron chi connectivity index (χ4n) is 3.65. The third-order valence-corrected chi connectivity index (χ3v) is 5.35. The van der Waals surface area contributed by atoms with Crippen LogP contribution in [0.3, 0.4) is 0 Å². The predicted octanol–water partition coefficient (Wildman–Crippen LogP) is 1.55. The number of aromatic amines is 1. The first-order chi connectivity index (χ1) is 13.3. The van der Waals surface area contributed by atoms with Gasteiger partial charge in [0.25, 0.3) is 5.56 Å². The number of rotatable bonds is 3. The third kappa shape index (κ3) is 3.71. The van der Waals surface area contributed by atoms with Crippen molar-refractivity contribution in [2.24, 2.45) is 7.05 Å². The van der Waals surface area contributed by atoms with Gasteiger partial charge in [-0.15, -0.1) is 0 Å². The fourth-order valence-corrected chi connectivity index (χ4v) is 3.65. The van der Waals surface area contributed by atoms with Gasteiger partial charge in [-0.3, -0.25) is 4.79 Å². The Labute approximate surface area is 164 Å². The van der Waals surface area contributed by atoms with Gasteiger partial charge in [0, 0.05) is 50.3 Å². The van der Waals surface area contributed by atoms with Crippen molar-refractivity contribution in [3.63, 3.8) is 0 Å². The van der Waals surface area contributed by atoms with E-state index in [0.717, 1.165) is 19.6 Å². The minimum absolute atomic E-state index is 0.241. The maximum atomic E-state index is 12.5. The van der Waals surface area contributed by atoms with Gasteiger partial charge in [-0.05, 0) is 20.4 Å². The molecule has 2 aromatic rings. The molecule has 0 amide bonds. The molecule has 3 rings (SSSR count). The highest BCUT2D eigenvalue weighted by Gasteiger charge is 2.30. The van der Waals surface area contributed by atoms with Crippen molar-refractivity contribution in [3.8, 4) is 11.8 Å². The van der Waals surface area contributed by atoms with Crippen LogP contribution in [0.25, 0.3) is 10.9 Å². The molecule has 2 aromatic heterocycles. The quantitative estimate of drug-likeness (QED) is 0.618. The SMILES string of the molecule is CCOC(=O)c1c(C)[nH]c2c(=O)n(C)cc(C#CC3(O)CCN(CC)CC3)c12. The lowest BCUT2D eigenvalue weighted by Crippen LogP contribution is -2.43. The summed E-state index contributed by atoms with van der Waals surface area (Å²) >= 11 is 0. The molecule has 0 bridgehead atoms. The van der Waals surface area contributed by atoms with Gasteiger partial charge in [-0.1, -0.05) is 18.8 Å². The Morgan fingerprint density at radius 1 is 1.36 bits per heavy atom. The Balaban J connectivity index is 2.11. The van der Waals surface area contributed by atoms with Crippen LogP contribution in [0.15, 0.2) is 11.0 Å². The summed E-state index contributed by atoms with van der Waals surface area (Å²) in [6, 6.07) is 0. The van der Waals surface area contributed by atoms with Crippen LogP contribution in [0.2, 0.25) is 0 Å². The molecule has 7 heteroatoms. The molecular formula is C21H27N3O4. The van der Waals surface area contributed by atoms with E-state index in [0.29, 0.717) is 40.6 Å². The summed E-state index contributed by atoms with van der Waals surface area (Å²) in [6.45, 7) is 8.35. The number of likely N-dealkylation sites (tertiary alicyclic amines) is 1. The number of piperidine rings is 1. The minimum atomic E-state index is -1.07. The Morgan fingerprint density at radius 2 is 2.04 bits per heavy atom. The number of pyridine rings is 1. The molecule has 0 aromatic carbocycles. The second kappa shape index (κ2) is 7.82. The van der Waals surface area contributed by atoms with E-state index in [-0.39, 0.29) is 12.2 Å². The smallest absolute Gasteiger partial charge is 0.340 e. The first-order valence-electron chi connectivity index (χ1n) is 9.66.